The molecule has 0 aliphatic rings. The zero-order valence-corrected chi connectivity index (χ0v) is 10.2. The van der Waals surface area contributed by atoms with Gasteiger partial charge in [-0.1, -0.05) is 30.3 Å². The number of nitrogens with one attached hydrogen (secondary N) is 1. The third kappa shape index (κ3) is 1.52. The van der Waals surface area contributed by atoms with Crippen LogP contribution in [0, 0.1) is 0 Å². The molecule has 90 valence electrons. The van der Waals surface area contributed by atoms with Crippen molar-refractivity contribution in [1.29, 1.82) is 0 Å². The molecule has 3 heteroatoms. The molecule has 0 amide bonds. The molecule has 0 fully saturated rings. The lowest BCUT2D eigenvalue weighted by atomic mass is 10.0. The van der Waals surface area contributed by atoms with Gasteiger partial charge < -0.3 is 0 Å². The van der Waals surface area contributed by atoms with Crippen LogP contribution in [0.15, 0.2) is 60.9 Å². The number of aromatic amines is 1. The molecule has 0 saturated carbocycles. The van der Waals surface area contributed by atoms with Gasteiger partial charge in [-0.15, -0.1) is 0 Å². The minimum atomic E-state index is 0.981. The van der Waals surface area contributed by atoms with Crippen molar-refractivity contribution in [2.75, 3.05) is 0 Å². The van der Waals surface area contributed by atoms with E-state index in [9.17, 15) is 0 Å². The van der Waals surface area contributed by atoms with E-state index in [-0.39, 0.29) is 0 Å². The lowest BCUT2D eigenvalue weighted by molar-refractivity contribution is 1.12. The van der Waals surface area contributed by atoms with Crippen LogP contribution >= 0.6 is 0 Å². The van der Waals surface area contributed by atoms with Crippen LogP contribution in [0.1, 0.15) is 0 Å². The van der Waals surface area contributed by atoms with Crippen molar-refractivity contribution in [3.05, 3.63) is 60.9 Å². The fraction of sp³-hybridized carbons (Fsp3) is 0. The molecule has 2 heterocycles. The Kier molecular flexibility index (Phi) is 2.12. The van der Waals surface area contributed by atoms with Crippen molar-refractivity contribution in [2.45, 2.75) is 0 Å². The predicted molar refractivity (Wildman–Crippen MR) is 76.8 cm³/mol. The first-order chi connectivity index (χ1) is 9.43. The van der Waals surface area contributed by atoms with Crippen LogP contribution in [0.2, 0.25) is 0 Å². The summed E-state index contributed by atoms with van der Waals surface area (Å²) in [4.78, 5) is 4.06. The van der Waals surface area contributed by atoms with Gasteiger partial charge in [0.15, 0.2) is 0 Å². The molecule has 4 rings (SSSR count). The number of hydrogen-bond donors (Lipinski definition) is 1. The summed E-state index contributed by atoms with van der Waals surface area (Å²) in [5.74, 6) is 0. The highest BCUT2D eigenvalue weighted by molar-refractivity contribution is 6.12. The van der Waals surface area contributed by atoms with Crippen LogP contribution < -0.4 is 0 Å². The third-order valence-corrected chi connectivity index (χ3v) is 3.41. The molecule has 0 saturated heterocycles. The van der Waals surface area contributed by atoms with Crippen LogP contribution in [-0.2, 0) is 0 Å². The largest absolute Gasteiger partial charge is 0.277 e. The summed E-state index contributed by atoms with van der Waals surface area (Å²) in [6, 6.07) is 16.5. The fourth-order valence-electron chi connectivity index (χ4n) is 2.51. The van der Waals surface area contributed by atoms with Crippen LogP contribution in [0.4, 0.5) is 0 Å². The number of H-pyrrole nitrogens is 1. The molecule has 0 atom stereocenters. The van der Waals surface area contributed by atoms with Crippen LogP contribution in [0.3, 0.4) is 0 Å². The second-order valence-corrected chi connectivity index (χ2v) is 4.52. The molecule has 0 radical (unpaired) electrons. The second kappa shape index (κ2) is 3.92. The number of hydrogen-bond acceptors (Lipinski definition) is 2. The topological polar surface area (TPSA) is 41.6 Å². The SMILES string of the molecule is c1ccc2c(c1)ccc1[nH]nc(-c3ccncc3)c12. The molecule has 0 unspecified atom stereocenters. The molecular formula is C16H11N3. The molecule has 2 aromatic heterocycles. The Morgan fingerprint density at radius 1 is 0.842 bits per heavy atom. The van der Waals surface area contributed by atoms with E-state index in [2.05, 4.69) is 51.6 Å². The van der Waals surface area contributed by atoms with Gasteiger partial charge in [-0.05, 0) is 29.0 Å². The Morgan fingerprint density at radius 3 is 2.58 bits per heavy atom. The van der Waals surface area contributed by atoms with Gasteiger partial charge in [-0.25, -0.2) is 0 Å². The molecule has 1 N–H and O–H groups in total. The maximum absolute atomic E-state index is 4.46. The Labute approximate surface area is 109 Å². The van der Waals surface area contributed by atoms with Crippen molar-refractivity contribution in [1.82, 2.24) is 15.2 Å². The van der Waals surface area contributed by atoms with E-state index in [4.69, 9.17) is 0 Å². The van der Waals surface area contributed by atoms with E-state index < -0.39 is 0 Å². The van der Waals surface area contributed by atoms with E-state index in [1.165, 1.54) is 16.2 Å². The second-order valence-electron chi connectivity index (χ2n) is 4.52. The maximum Gasteiger partial charge on any atom is 0.101 e. The highest BCUT2D eigenvalue weighted by Crippen LogP contribution is 2.32. The average Bonchev–Trinajstić information content (AvgIpc) is 2.92. The summed E-state index contributed by atoms with van der Waals surface area (Å²) < 4.78 is 0. The molecule has 4 aromatic rings. The number of benzene rings is 2. The van der Waals surface area contributed by atoms with E-state index in [1.807, 2.05) is 12.1 Å². The number of rotatable bonds is 1. The first kappa shape index (κ1) is 10.3. The molecule has 19 heavy (non-hydrogen) atoms. The van der Waals surface area contributed by atoms with Gasteiger partial charge in [-0.2, -0.15) is 5.10 Å². The van der Waals surface area contributed by atoms with Crippen molar-refractivity contribution in [3.8, 4) is 11.3 Å². The number of aromatic nitrogens is 3. The fourth-order valence-corrected chi connectivity index (χ4v) is 2.51. The molecule has 0 spiro atoms. The molecule has 0 aliphatic carbocycles. The Hall–Kier alpha value is -2.68. The van der Waals surface area contributed by atoms with E-state index in [1.54, 1.807) is 12.4 Å². The number of fused-ring (bicyclic) bond motifs is 3. The van der Waals surface area contributed by atoms with Gasteiger partial charge in [0, 0.05) is 23.3 Å². The van der Waals surface area contributed by atoms with E-state index in [0.29, 0.717) is 0 Å². The monoisotopic (exact) mass is 245 g/mol. The van der Waals surface area contributed by atoms with Crippen molar-refractivity contribution < 1.29 is 0 Å². The Morgan fingerprint density at radius 2 is 1.68 bits per heavy atom. The number of nitrogens with zero attached hydrogens (tertiary/aromatic N) is 2. The highest BCUT2D eigenvalue weighted by atomic mass is 15.1. The Bertz CT molecular complexity index is 863. The number of pyridine rings is 1. The summed E-state index contributed by atoms with van der Waals surface area (Å²) in [6.45, 7) is 0. The molecule has 2 aromatic carbocycles. The van der Waals surface area contributed by atoms with Crippen molar-refractivity contribution >= 4 is 21.7 Å². The molecule has 0 aliphatic heterocycles. The van der Waals surface area contributed by atoms with Gasteiger partial charge in [0.1, 0.15) is 5.69 Å². The lowest BCUT2D eigenvalue weighted by Crippen LogP contribution is -1.80. The van der Waals surface area contributed by atoms with Crippen molar-refractivity contribution in [2.24, 2.45) is 0 Å². The zero-order valence-electron chi connectivity index (χ0n) is 10.2. The smallest absolute Gasteiger partial charge is 0.101 e. The maximum atomic E-state index is 4.46. The average molecular weight is 245 g/mol. The lowest BCUT2D eigenvalue weighted by Gasteiger charge is -2.01. The summed E-state index contributed by atoms with van der Waals surface area (Å²) in [5.41, 5.74) is 3.12. The first-order valence-corrected chi connectivity index (χ1v) is 6.20. The summed E-state index contributed by atoms with van der Waals surface area (Å²) >= 11 is 0. The standard InChI is InChI=1S/C16H11N3/c1-2-4-13-11(3-1)5-6-14-15(13)16(19-18-14)12-7-9-17-10-8-12/h1-10H,(H,18,19). The van der Waals surface area contributed by atoms with Crippen LogP contribution in [0.25, 0.3) is 32.9 Å². The van der Waals surface area contributed by atoms with Gasteiger partial charge in [0.25, 0.3) is 0 Å². The van der Waals surface area contributed by atoms with Gasteiger partial charge in [0.05, 0.1) is 5.52 Å². The minimum absolute atomic E-state index is 0.981. The quantitative estimate of drug-likeness (QED) is 0.554. The highest BCUT2D eigenvalue weighted by Gasteiger charge is 2.10. The van der Waals surface area contributed by atoms with Gasteiger partial charge in [-0.3, -0.25) is 10.1 Å². The Balaban J connectivity index is 2.15. The molecule has 0 bridgehead atoms. The zero-order chi connectivity index (χ0) is 12.7. The summed E-state index contributed by atoms with van der Waals surface area (Å²) in [7, 11) is 0. The molecule has 3 nitrogen and oxygen atoms in total. The van der Waals surface area contributed by atoms with E-state index in [0.717, 1.165) is 16.8 Å². The third-order valence-electron chi connectivity index (χ3n) is 3.41. The summed E-state index contributed by atoms with van der Waals surface area (Å²) in [5, 5.41) is 11.2. The minimum Gasteiger partial charge on any atom is -0.277 e. The van der Waals surface area contributed by atoms with Crippen molar-refractivity contribution in [3.63, 3.8) is 0 Å². The predicted octanol–water partition coefficient (Wildman–Crippen LogP) is 3.78. The van der Waals surface area contributed by atoms with Gasteiger partial charge in [0.2, 0.25) is 0 Å². The van der Waals surface area contributed by atoms with E-state index >= 15 is 0 Å². The summed E-state index contributed by atoms with van der Waals surface area (Å²) in [6.07, 6.45) is 3.59. The van der Waals surface area contributed by atoms with Crippen LogP contribution in [-0.4, -0.2) is 15.2 Å². The van der Waals surface area contributed by atoms with Crippen LogP contribution in [0.5, 0.6) is 0 Å². The first-order valence-electron chi connectivity index (χ1n) is 6.20. The molecular weight excluding hydrogens is 234 g/mol. The van der Waals surface area contributed by atoms with Gasteiger partial charge >= 0.3 is 0 Å². The normalized spacial score (nSPS) is 11.2.